The third-order valence-electron chi connectivity index (χ3n) is 6.15. The normalized spacial score (nSPS) is 11.4. The van der Waals surface area contributed by atoms with E-state index >= 15 is 0 Å². The van der Waals surface area contributed by atoms with E-state index in [1.807, 2.05) is 0 Å². The first kappa shape index (κ1) is 30.2. The van der Waals surface area contributed by atoms with E-state index in [1.54, 1.807) is 0 Å². The quantitative estimate of drug-likeness (QED) is 0.0808. The minimum Gasteiger partial charge on any atom is -0.466 e. The van der Waals surface area contributed by atoms with Gasteiger partial charge in [0.2, 0.25) is 0 Å². The second kappa shape index (κ2) is 27.2. The number of unbranched alkanes of at least 4 members (excludes halogenated alkanes) is 19. The summed E-state index contributed by atoms with van der Waals surface area (Å²) in [6, 6.07) is 0. The molecule has 0 saturated carbocycles. The highest BCUT2D eigenvalue weighted by molar-refractivity contribution is 5.69. The number of allylic oxidation sites excluding steroid dienone is 2. The van der Waals surface area contributed by atoms with Crippen molar-refractivity contribution in [3.63, 3.8) is 0 Å². The standard InChI is InChI=1S/C29H56O2/c1-3-5-7-9-11-13-15-16-17-18-20-22-24-26-28-31-29(30)27-25-23-21-19-14-12-10-8-6-4-2/h15-16H,3-14,17-28H2,1-2H3/b16-15+. The molecule has 0 aromatic rings. The Morgan fingerprint density at radius 1 is 0.516 bits per heavy atom. The Morgan fingerprint density at radius 2 is 0.903 bits per heavy atom. The SMILES string of the molecule is CCCCCCC/C=C/CCCCCCCOC(=O)CCCCCCCCCCCC. The largest absolute Gasteiger partial charge is 0.466 e. The van der Waals surface area contributed by atoms with Gasteiger partial charge in [-0.1, -0.05) is 129 Å². The minimum absolute atomic E-state index is 0.0133. The van der Waals surface area contributed by atoms with Crippen LogP contribution in [-0.2, 0) is 9.53 Å². The Bertz CT molecular complexity index is 375. The van der Waals surface area contributed by atoms with Crippen LogP contribution in [0.2, 0.25) is 0 Å². The van der Waals surface area contributed by atoms with Gasteiger partial charge in [-0.15, -0.1) is 0 Å². The van der Waals surface area contributed by atoms with Gasteiger partial charge in [0.05, 0.1) is 6.61 Å². The Hall–Kier alpha value is -0.790. The van der Waals surface area contributed by atoms with Gasteiger partial charge < -0.3 is 4.74 Å². The van der Waals surface area contributed by atoms with E-state index < -0.39 is 0 Å². The highest BCUT2D eigenvalue weighted by atomic mass is 16.5. The fourth-order valence-electron chi connectivity index (χ4n) is 4.01. The van der Waals surface area contributed by atoms with Gasteiger partial charge in [-0.2, -0.15) is 0 Å². The molecule has 0 radical (unpaired) electrons. The fourth-order valence-corrected chi connectivity index (χ4v) is 4.01. The predicted octanol–water partition coefficient (Wildman–Crippen LogP) is 10.1. The van der Waals surface area contributed by atoms with Crippen LogP contribution in [0.15, 0.2) is 12.2 Å². The maximum Gasteiger partial charge on any atom is 0.305 e. The number of rotatable bonds is 25. The van der Waals surface area contributed by atoms with Crippen molar-refractivity contribution in [3.05, 3.63) is 12.2 Å². The lowest BCUT2D eigenvalue weighted by Crippen LogP contribution is -2.05. The van der Waals surface area contributed by atoms with Crippen LogP contribution < -0.4 is 0 Å². The third-order valence-corrected chi connectivity index (χ3v) is 6.15. The smallest absolute Gasteiger partial charge is 0.305 e. The van der Waals surface area contributed by atoms with Gasteiger partial charge in [0.15, 0.2) is 0 Å². The predicted molar refractivity (Wildman–Crippen MR) is 138 cm³/mol. The summed E-state index contributed by atoms with van der Waals surface area (Å²) in [5, 5.41) is 0. The molecular formula is C29H56O2. The monoisotopic (exact) mass is 436 g/mol. The van der Waals surface area contributed by atoms with Crippen LogP contribution in [0.5, 0.6) is 0 Å². The molecule has 0 saturated heterocycles. The molecule has 0 spiro atoms. The van der Waals surface area contributed by atoms with Gasteiger partial charge in [0, 0.05) is 6.42 Å². The van der Waals surface area contributed by atoms with E-state index in [0.717, 1.165) is 12.8 Å². The van der Waals surface area contributed by atoms with Crippen molar-refractivity contribution in [1.29, 1.82) is 0 Å². The van der Waals surface area contributed by atoms with Crippen LogP contribution in [0.4, 0.5) is 0 Å². The Morgan fingerprint density at radius 3 is 1.39 bits per heavy atom. The molecule has 0 atom stereocenters. The van der Waals surface area contributed by atoms with Crippen LogP contribution in [0.1, 0.15) is 162 Å². The summed E-state index contributed by atoms with van der Waals surface area (Å²) < 4.78 is 5.38. The summed E-state index contributed by atoms with van der Waals surface area (Å²) in [5.74, 6) is 0.0133. The zero-order chi connectivity index (χ0) is 22.7. The Balaban J connectivity index is 3.19. The Labute approximate surface area is 196 Å². The maximum atomic E-state index is 11.8. The molecule has 0 fully saturated rings. The van der Waals surface area contributed by atoms with Crippen LogP contribution in [-0.4, -0.2) is 12.6 Å². The molecule has 0 aromatic carbocycles. The van der Waals surface area contributed by atoms with Gasteiger partial charge in [-0.25, -0.2) is 0 Å². The molecule has 0 bridgehead atoms. The average molecular weight is 437 g/mol. The van der Waals surface area contributed by atoms with Gasteiger partial charge in [0.25, 0.3) is 0 Å². The van der Waals surface area contributed by atoms with Crippen LogP contribution in [0, 0.1) is 0 Å². The molecule has 0 heterocycles. The molecule has 2 nitrogen and oxygen atoms in total. The van der Waals surface area contributed by atoms with E-state index in [4.69, 9.17) is 4.74 Å². The van der Waals surface area contributed by atoms with Crippen molar-refractivity contribution >= 4 is 5.97 Å². The lowest BCUT2D eigenvalue weighted by molar-refractivity contribution is -0.143. The van der Waals surface area contributed by atoms with Crippen LogP contribution >= 0.6 is 0 Å². The third kappa shape index (κ3) is 27.2. The van der Waals surface area contributed by atoms with Crippen molar-refractivity contribution in [1.82, 2.24) is 0 Å². The molecule has 0 rings (SSSR count). The molecule has 0 aliphatic heterocycles. The lowest BCUT2D eigenvalue weighted by atomic mass is 10.1. The lowest BCUT2D eigenvalue weighted by Gasteiger charge is -2.05. The highest BCUT2D eigenvalue weighted by Gasteiger charge is 2.02. The molecule has 184 valence electrons. The number of carbonyl (C=O) groups is 1. The van der Waals surface area contributed by atoms with E-state index in [1.165, 1.54) is 128 Å². The molecule has 2 heteroatoms. The second-order valence-corrected chi connectivity index (χ2v) is 9.38. The van der Waals surface area contributed by atoms with Crippen LogP contribution in [0.25, 0.3) is 0 Å². The molecule has 0 unspecified atom stereocenters. The second-order valence-electron chi connectivity index (χ2n) is 9.38. The minimum atomic E-state index is 0.0133. The van der Waals surface area contributed by atoms with Crippen molar-refractivity contribution in [3.8, 4) is 0 Å². The zero-order valence-corrected chi connectivity index (χ0v) is 21.4. The maximum absolute atomic E-state index is 11.8. The van der Waals surface area contributed by atoms with Crippen molar-refractivity contribution in [2.75, 3.05) is 6.61 Å². The number of carbonyl (C=O) groups excluding carboxylic acids is 1. The number of ether oxygens (including phenoxy) is 1. The van der Waals surface area contributed by atoms with Crippen LogP contribution in [0.3, 0.4) is 0 Å². The Kier molecular flexibility index (Phi) is 26.5. The van der Waals surface area contributed by atoms with Crippen molar-refractivity contribution < 1.29 is 9.53 Å². The summed E-state index contributed by atoms with van der Waals surface area (Å²) in [7, 11) is 0. The molecule has 0 aromatic heterocycles. The summed E-state index contributed by atoms with van der Waals surface area (Å²) in [6.07, 6.45) is 33.8. The molecular weight excluding hydrogens is 380 g/mol. The molecule has 0 aliphatic carbocycles. The van der Waals surface area contributed by atoms with Gasteiger partial charge >= 0.3 is 5.97 Å². The first-order chi connectivity index (χ1) is 15.3. The summed E-state index contributed by atoms with van der Waals surface area (Å²) >= 11 is 0. The van der Waals surface area contributed by atoms with E-state index in [9.17, 15) is 4.79 Å². The summed E-state index contributed by atoms with van der Waals surface area (Å²) in [5.41, 5.74) is 0. The fraction of sp³-hybridized carbons (Fsp3) is 0.897. The van der Waals surface area contributed by atoms with E-state index in [-0.39, 0.29) is 5.97 Å². The average Bonchev–Trinajstić information content (AvgIpc) is 2.77. The van der Waals surface area contributed by atoms with Gasteiger partial charge in [-0.05, 0) is 38.5 Å². The van der Waals surface area contributed by atoms with Crippen molar-refractivity contribution in [2.24, 2.45) is 0 Å². The summed E-state index contributed by atoms with van der Waals surface area (Å²) in [4.78, 5) is 11.8. The molecule has 0 aliphatic rings. The van der Waals surface area contributed by atoms with Gasteiger partial charge in [0.1, 0.15) is 0 Å². The highest BCUT2D eigenvalue weighted by Crippen LogP contribution is 2.12. The zero-order valence-electron chi connectivity index (χ0n) is 21.4. The van der Waals surface area contributed by atoms with Crippen molar-refractivity contribution in [2.45, 2.75) is 162 Å². The topological polar surface area (TPSA) is 26.3 Å². The molecule has 31 heavy (non-hydrogen) atoms. The van der Waals surface area contributed by atoms with Gasteiger partial charge in [-0.3, -0.25) is 4.79 Å². The number of hydrogen-bond acceptors (Lipinski definition) is 2. The van der Waals surface area contributed by atoms with E-state index in [2.05, 4.69) is 26.0 Å². The first-order valence-electron chi connectivity index (χ1n) is 14.1. The number of esters is 1. The van der Waals surface area contributed by atoms with E-state index in [0.29, 0.717) is 13.0 Å². The molecule has 0 N–H and O–H groups in total. The first-order valence-corrected chi connectivity index (χ1v) is 14.1. The molecule has 0 amide bonds. The number of hydrogen-bond donors (Lipinski definition) is 0. The summed E-state index contributed by atoms with van der Waals surface area (Å²) in [6.45, 7) is 5.16.